The molecule has 0 amide bonds. The molecule has 2 aliphatic heterocycles. The number of hydrogen-bond acceptors (Lipinski definition) is 6. The van der Waals surface area contributed by atoms with Crippen LogP contribution in [0.4, 0.5) is 28.0 Å². The second kappa shape index (κ2) is 8.29. The topological polar surface area (TPSA) is 93.0 Å². The summed E-state index contributed by atoms with van der Waals surface area (Å²) in [4.78, 5) is 25.3. The van der Waals surface area contributed by atoms with Crippen LogP contribution in [0.3, 0.4) is 0 Å². The van der Waals surface area contributed by atoms with Gasteiger partial charge in [-0.1, -0.05) is 0 Å². The van der Waals surface area contributed by atoms with Crippen LogP contribution in [0.15, 0.2) is 35.3 Å². The number of anilines is 1. The smallest absolute Gasteiger partial charge is 0.449 e. The zero-order chi connectivity index (χ0) is 24.1. The number of carbonyl (C=O) groups is 1. The van der Waals surface area contributed by atoms with Crippen molar-refractivity contribution in [2.45, 2.75) is 12.1 Å². The molecular formula is C22H17F4N3O5. The Balaban J connectivity index is 1.76. The van der Waals surface area contributed by atoms with Gasteiger partial charge >= 0.3 is 6.16 Å². The van der Waals surface area contributed by atoms with Crippen molar-refractivity contribution >= 4 is 22.7 Å². The minimum absolute atomic E-state index is 0.161. The molecule has 2 fully saturated rings. The van der Waals surface area contributed by atoms with Crippen LogP contribution in [0.1, 0.15) is 0 Å². The number of halogens is 4. The molecule has 0 saturated carbocycles. The van der Waals surface area contributed by atoms with Gasteiger partial charge in [0.15, 0.2) is 11.6 Å². The Bertz CT molecular complexity index is 1370. The zero-order valence-electron chi connectivity index (χ0n) is 17.4. The molecular weight excluding hydrogens is 462 g/mol. The van der Waals surface area contributed by atoms with Crippen molar-refractivity contribution in [3.8, 4) is 11.4 Å². The van der Waals surface area contributed by atoms with Gasteiger partial charge in [0.1, 0.15) is 23.1 Å². The van der Waals surface area contributed by atoms with Crippen molar-refractivity contribution in [2.75, 3.05) is 31.1 Å². The fourth-order valence-corrected chi connectivity index (χ4v) is 4.48. The average molecular weight is 479 g/mol. The predicted molar refractivity (Wildman–Crippen MR) is 112 cm³/mol. The predicted octanol–water partition coefficient (Wildman–Crippen LogP) is 2.78. The van der Waals surface area contributed by atoms with Gasteiger partial charge in [-0.3, -0.25) is 4.79 Å². The average Bonchev–Trinajstić information content (AvgIpc) is 3.19. The number of nitrogens with zero attached hydrogens (tertiary/aromatic N) is 2. The van der Waals surface area contributed by atoms with E-state index in [2.05, 4.69) is 10.1 Å². The molecule has 178 valence electrons. The van der Waals surface area contributed by atoms with Crippen molar-refractivity contribution < 1.29 is 36.9 Å². The molecule has 2 aliphatic rings. The van der Waals surface area contributed by atoms with Crippen LogP contribution < -0.4 is 20.4 Å². The summed E-state index contributed by atoms with van der Waals surface area (Å²) >= 11 is 0. The highest BCUT2D eigenvalue weighted by molar-refractivity contribution is 5.87. The fraction of sp³-hybridized carbons (Fsp3) is 0.273. The van der Waals surface area contributed by atoms with Crippen LogP contribution >= 0.6 is 0 Å². The van der Waals surface area contributed by atoms with Gasteiger partial charge in [-0.05, 0) is 18.2 Å². The van der Waals surface area contributed by atoms with E-state index in [1.54, 1.807) is 0 Å². The van der Waals surface area contributed by atoms with E-state index in [-0.39, 0.29) is 25.2 Å². The first-order valence-electron chi connectivity index (χ1n) is 10.3. The first-order valence-corrected chi connectivity index (χ1v) is 10.3. The molecule has 2 saturated heterocycles. The molecule has 0 aliphatic carbocycles. The summed E-state index contributed by atoms with van der Waals surface area (Å²) in [7, 11) is 0. The van der Waals surface area contributed by atoms with E-state index >= 15 is 8.78 Å². The molecule has 3 aromatic rings. The molecule has 2 aromatic carbocycles. The second-order valence-electron chi connectivity index (χ2n) is 7.95. The summed E-state index contributed by atoms with van der Waals surface area (Å²) < 4.78 is 70.2. The third-order valence-electron chi connectivity index (χ3n) is 5.91. The maximum Gasteiger partial charge on any atom is 0.511 e. The third-order valence-corrected chi connectivity index (χ3v) is 5.91. The Morgan fingerprint density at radius 1 is 1.15 bits per heavy atom. The lowest BCUT2D eigenvalue weighted by Crippen LogP contribution is -2.47. The van der Waals surface area contributed by atoms with Gasteiger partial charge in [-0.2, -0.15) is 0 Å². The van der Waals surface area contributed by atoms with E-state index in [1.165, 1.54) is 4.90 Å². The molecule has 5 rings (SSSR count). The van der Waals surface area contributed by atoms with Crippen LogP contribution in [-0.4, -0.2) is 54.2 Å². The largest absolute Gasteiger partial charge is 0.511 e. The molecule has 0 bridgehead atoms. The molecule has 0 radical (unpaired) electrons. The van der Waals surface area contributed by atoms with Gasteiger partial charge < -0.3 is 29.4 Å². The number of nitrogens with one attached hydrogen (secondary N) is 1. The van der Waals surface area contributed by atoms with E-state index < -0.39 is 62.9 Å². The van der Waals surface area contributed by atoms with Gasteiger partial charge in [-0.15, -0.1) is 0 Å². The van der Waals surface area contributed by atoms with E-state index in [4.69, 9.17) is 9.84 Å². The number of aromatic nitrogens is 1. The summed E-state index contributed by atoms with van der Waals surface area (Å²) in [5.74, 6) is -5.08. The second-order valence-corrected chi connectivity index (χ2v) is 7.95. The standard InChI is InChI=1S/C22H17F4N3O5/c23-10-1-2-15(12(24)5-10)29-9-17(34-22(31)32)21(30)11-6-13(25)20(18(26)19(11)29)28-7-14-16(8-28)33-4-3-27-14/h1-2,5-6,9,14,16,27H,3-4,7-8H2,(H,31,32)/t14-,16+/m1/s1. The molecule has 0 spiro atoms. The van der Waals surface area contributed by atoms with Crippen LogP contribution in [0.25, 0.3) is 16.6 Å². The molecule has 34 heavy (non-hydrogen) atoms. The third kappa shape index (κ3) is 3.64. The maximum atomic E-state index is 15.9. The summed E-state index contributed by atoms with van der Waals surface area (Å²) in [6.07, 6.45) is -1.38. The summed E-state index contributed by atoms with van der Waals surface area (Å²) in [6.45, 7) is 1.44. The van der Waals surface area contributed by atoms with Crippen LogP contribution in [0.2, 0.25) is 0 Å². The van der Waals surface area contributed by atoms with Gasteiger partial charge in [-0.25, -0.2) is 22.4 Å². The van der Waals surface area contributed by atoms with E-state index in [0.29, 0.717) is 19.2 Å². The number of hydrogen-bond donors (Lipinski definition) is 2. The van der Waals surface area contributed by atoms with Gasteiger partial charge in [0.2, 0.25) is 5.43 Å². The van der Waals surface area contributed by atoms with Crippen LogP contribution in [-0.2, 0) is 4.74 Å². The van der Waals surface area contributed by atoms with Gasteiger partial charge in [0.25, 0.3) is 0 Å². The lowest BCUT2D eigenvalue weighted by atomic mass is 10.1. The number of morpholine rings is 1. The molecule has 2 atom stereocenters. The molecule has 2 N–H and O–H groups in total. The lowest BCUT2D eigenvalue weighted by molar-refractivity contribution is 0.0212. The number of carboxylic acid groups (broad SMARTS) is 1. The highest BCUT2D eigenvalue weighted by Crippen LogP contribution is 2.35. The Morgan fingerprint density at radius 2 is 1.94 bits per heavy atom. The molecule has 12 heteroatoms. The van der Waals surface area contributed by atoms with Crippen LogP contribution in [0.5, 0.6) is 5.75 Å². The lowest BCUT2D eigenvalue weighted by Gasteiger charge is -2.25. The maximum absolute atomic E-state index is 15.9. The fourth-order valence-electron chi connectivity index (χ4n) is 4.48. The normalized spacial score (nSPS) is 19.9. The Morgan fingerprint density at radius 3 is 2.65 bits per heavy atom. The summed E-state index contributed by atoms with van der Waals surface area (Å²) in [5.41, 5.74) is -2.48. The Hall–Kier alpha value is -3.64. The first kappa shape index (κ1) is 22.2. The van der Waals surface area contributed by atoms with Crippen molar-refractivity contribution in [3.05, 3.63) is 64.0 Å². The number of fused-ring (bicyclic) bond motifs is 2. The van der Waals surface area contributed by atoms with Gasteiger partial charge in [0.05, 0.1) is 41.5 Å². The number of pyridine rings is 1. The van der Waals surface area contributed by atoms with Crippen LogP contribution in [0, 0.1) is 23.3 Å². The van der Waals surface area contributed by atoms with E-state index in [0.717, 1.165) is 29.0 Å². The highest BCUT2D eigenvalue weighted by atomic mass is 19.1. The van der Waals surface area contributed by atoms with Crippen molar-refractivity contribution in [1.82, 2.24) is 9.88 Å². The quantitative estimate of drug-likeness (QED) is 0.441. The van der Waals surface area contributed by atoms with Gasteiger partial charge in [0, 0.05) is 25.7 Å². The van der Waals surface area contributed by atoms with Crippen molar-refractivity contribution in [3.63, 3.8) is 0 Å². The number of ether oxygens (including phenoxy) is 2. The number of benzene rings is 2. The first-order chi connectivity index (χ1) is 16.2. The highest BCUT2D eigenvalue weighted by Gasteiger charge is 2.38. The minimum atomic E-state index is -1.85. The molecule has 0 unspecified atom stereocenters. The van der Waals surface area contributed by atoms with E-state index in [9.17, 15) is 18.4 Å². The van der Waals surface area contributed by atoms with Crippen molar-refractivity contribution in [2.24, 2.45) is 0 Å². The Kier molecular flexibility index (Phi) is 5.41. The molecule has 3 heterocycles. The zero-order valence-corrected chi connectivity index (χ0v) is 17.4. The monoisotopic (exact) mass is 479 g/mol. The molecule has 1 aromatic heterocycles. The molecule has 8 nitrogen and oxygen atoms in total. The van der Waals surface area contributed by atoms with Crippen molar-refractivity contribution in [1.29, 1.82) is 0 Å². The summed E-state index contributed by atoms with van der Waals surface area (Å²) in [6, 6.07) is 3.00. The van der Waals surface area contributed by atoms with E-state index in [1.807, 2.05) is 0 Å². The summed E-state index contributed by atoms with van der Waals surface area (Å²) in [5, 5.41) is 11.6. The number of rotatable bonds is 3. The SMILES string of the molecule is O=C(O)Oc1cn(-c2ccc(F)cc2F)c2c(F)c(N3C[C@@H]4OCCN[C@@H]4C3)c(F)cc2c1=O. The Labute approximate surface area is 188 Å². The minimum Gasteiger partial charge on any atom is -0.449 e.